The van der Waals surface area contributed by atoms with Crippen LogP contribution in [0.4, 0.5) is 0 Å². The van der Waals surface area contributed by atoms with Crippen LogP contribution in [0.25, 0.3) is 0 Å². The van der Waals surface area contributed by atoms with Crippen LogP contribution in [0.1, 0.15) is 24.8 Å². The summed E-state index contributed by atoms with van der Waals surface area (Å²) in [7, 11) is 1.72. The van der Waals surface area contributed by atoms with Crippen molar-refractivity contribution in [3.63, 3.8) is 0 Å². The van der Waals surface area contributed by atoms with Crippen molar-refractivity contribution in [2.45, 2.75) is 25.7 Å². The molecular formula is C16H23NO3. The van der Waals surface area contributed by atoms with Crippen LogP contribution in [-0.2, 0) is 6.42 Å². The van der Waals surface area contributed by atoms with Crippen molar-refractivity contribution in [2.75, 3.05) is 33.4 Å². The zero-order valence-corrected chi connectivity index (χ0v) is 12.1. The Hall–Kier alpha value is -1.42. The van der Waals surface area contributed by atoms with E-state index in [4.69, 9.17) is 14.2 Å². The van der Waals surface area contributed by atoms with E-state index in [0.29, 0.717) is 13.2 Å². The average molecular weight is 277 g/mol. The molecule has 2 aliphatic heterocycles. The molecule has 0 saturated carbocycles. The summed E-state index contributed by atoms with van der Waals surface area (Å²) in [6.07, 6.45) is 4.44. The molecule has 2 heterocycles. The number of rotatable bonds is 3. The van der Waals surface area contributed by atoms with Crippen molar-refractivity contribution >= 4 is 0 Å². The van der Waals surface area contributed by atoms with Gasteiger partial charge in [0.25, 0.3) is 0 Å². The van der Waals surface area contributed by atoms with Gasteiger partial charge in [0.1, 0.15) is 0 Å². The van der Waals surface area contributed by atoms with Crippen LogP contribution in [0.3, 0.4) is 0 Å². The minimum Gasteiger partial charge on any atom is -0.492 e. The third kappa shape index (κ3) is 2.85. The topological polar surface area (TPSA) is 39.7 Å². The molecule has 0 aliphatic carbocycles. The van der Waals surface area contributed by atoms with Gasteiger partial charge >= 0.3 is 0 Å². The highest BCUT2D eigenvalue weighted by Gasteiger charge is 2.22. The molecule has 20 heavy (non-hydrogen) atoms. The maximum absolute atomic E-state index is 5.84. The molecule has 1 fully saturated rings. The van der Waals surface area contributed by atoms with Gasteiger partial charge in [0.15, 0.2) is 11.5 Å². The van der Waals surface area contributed by atoms with E-state index in [-0.39, 0.29) is 0 Å². The lowest BCUT2D eigenvalue weighted by Crippen LogP contribution is -2.28. The predicted molar refractivity (Wildman–Crippen MR) is 77.9 cm³/mol. The number of ether oxygens (including phenoxy) is 3. The van der Waals surface area contributed by atoms with Crippen LogP contribution in [0.2, 0.25) is 0 Å². The molecule has 1 aromatic rings. The maximum Gasteiger partial charge on any atom is 0.203 e. The number of fused-ring (bicyclic) bond motifs is 1. The monoisotopic (exact) mass is 277 g/mol. The van der Waals surface area contributed by atoms with Gasteiger partial charge in [-0.1, -0.05) is 6.07 Å². The number of benzene rings is 1. The molecule has 0 atom stereocenters. The van der Waals surface area contributed by atoms with Gasteiger partial charge in [-0.25, -0.2) is 0 Å². The molecule has 4 heteroatoms. The fourth-order valence-corrected chi connectivity index (χ4v) is 3.03. The van der Waals surface area contributed by atoms with Crippen molar-refractivity contribution < 1.29 is 14.2 Å². The van der Waals surface area contributed by atoms with Crippen molar-refractivity contribution in [3.05, 3.63) is 17.7 Å². The third-order valence-electron chi connectivity index (χ3n) is 4.12. The highest BCUT2D eigenvalue weighted by Crippen LogP contribution is 2.42. The first-order valence-corrected chi connectivity index (χ1v) is 7.54. The molecule has 0 aromatic heterocycles. The van der Waals surface area contributed by atoms with Gasteiger partial charge in [-0.05, 0) is 49.9 Å². The molecule has 1 N–H and O–H groups in total. The molecule has 3 rings (SSSR count). The summed E-state index contributed by atoms with van der Waals surface area (Å²) in [5, 5.41) is 3.41. The van der Waals surface area contributed by atoms with Crippen LogP contribution in [0, 0.1) is 5.92 Å². The molecule has 1 saturated heterocycles. The largest absolute Gasteiger partial charge is 0.492 e. The fraction of sp³-hybridized carbons (Fsp3) is 0.625. The molecule has 0 radical (unpaired) electrons. The number of hydrogen-bond donors (Lipinski definition) is 1. The normalized spacial score (nSPS) is 19.4. The van der Waals surface area contributed by atoms with Crippen molar-refractivity contribution in [1.29, 1.82) is 0 Å². The van der Waals surface area contributed by atoms with E-state index in [0.717, 1.165) is 49.1 Å². The number of methoxy groups -OCH3 is 1. The minimum absolute atomic E-state index is 0.695. The van der Waals surface area contributed by atoms with Gasteiger partial charge in [-0.15, -0.1) is 0 Å². The molecule has 0 amide bonds. The van der Waals surface area contributed by atoms with E-state index >= 15 is 0 Å². The predicted octanol–water partition coefficient (Wildman–Crippen LogP) is 2.40. The first kappa shape index (κ1) is 13.6. The Kier molecular flexibility index (Phi) is 4.31. The third-order valence-corrected chi connectivity index (χ3v) is 4.12. The van der Waals surface area contributed by atoms with Crippen LogP contribution in [0.5, 0.6) is 17.2 Å². The van der Waals surface area contributed by atoms with Crippen LogP contribution in [0.15, 0.2) is 12.1 Å². The molecule has 0 unspecified atom stereocenters. The van der Waals surface area contributed by atoms with E-state index in [1.165, 1.54) is 18.4 Å². The summed E-state index contributed by atoms with van der Waals surface area (Å²) >= 11 is 0. The Bertz CT molecular complexity index is 455. The van der Waals surface area contributed by atoms with Gasteiger partial charge in [0, 0.05) is 6.42 Å². The summed E-state index contributed by atoms with van der Waals surface area (Å²) in [4.78, 5) is 0. The molecule has 110 valence electrons. The van der Waals surface area contributed by atoms with Crippen LogP contribution >= 0.6 is 0 Å². The summed E-state index contributed by atoms with van der Waals surface area (Å²) in [5.41, 5.74) is 1.24. The minimum atomic E-state index is 0.695. The molecule has 0 spiro atoms. The van der Waals surface area contributed by atoms with Gasteiger partial charge < -0.3 is 19.5 Å². The van der Waals surface area contributed by atoms with E-state index in [1.54, 1.807) is 7.11 Å². The van der Waals surface area contributed by atoms with E-state index < -0.39 is 0 Å². The number of nitrogens with one attached hydrogen (secondary N) is 1. The van der Waals surface area contributed by atoms with E-state index in [1.807, 2.05) is 6.07 Å². The Morgan fingerprint density at radius 1 is 1.20 bits per heavy atom. The lowest BCUT2D eigenvalue weighted by molar-refractivity contribution is 0.287. The van der Waals surface area contributed by atoms with Gasteiger partial charge in [0.2, 0.25) is 5.75 Å². The summed E-state index contributed by atoms with van der Waals surface area (Å²) in [6.45, 7) is 3.65. The highest BCUT2D eigenvalue weighted by molar-refractivity contribution is 5.56. The van der Waals surface area contributed by atoms with Crippen molar-refractivity contribution in [3.8, 4) is 17.2 Å². The number of hydrogen-bond acceptors (Lipinski definition) is 4. The first-order chi connectivity index (χ1) is 9.88. The summed E-state index contributed by atoms with van der Waals surface area (Å²) in [6, 6.07) is 4.16. The lowest BCUT2D eigenvalue weighted by atomic mass is 9.90. The average Bonchev–Trinajstić information content (AvgIpc) is 2.73. The second kappa shape index (κ2) is 6.35. The molecular weight excluding hydrogens is 254 g/mol. The summed E-state index contributed by atoms with van der Waals surface area (Å²) in [5.74, 6) is 3.20. The molecule has 0 bridgehead atoms. The van der Waals surface area contributed by atoms with Gasteiger partial charge in [-0.2, -0.15) is 0 Å². The first-order valence-electron chi connectivity index (χ1n) is 7.54. The van der Waals surface area contributed by atoms with E-state index in [9.17, 15) is 0 Å². The van der Waals surface area contributed by atoms with Gasteiger partial charge in [-0.3, -0.25) is 0 Å². The molecule has 1 aromatic carbocycles. The Morgan fingerprint density at radius 2 is 2.00 bits per heavy atom. The fourth-order valence-electron chi connectivity index (χ4n) is 3.03. The summed E-state index contributed by atoms with van der Waals surface area (Å²) < 4.78 is 17.2. The zero-order chi connectivity index (χ0) is 13.8. The van der Waals surface area contributed by atoms with Crippen molar-refractivity contribution in [1.82, 2.24) is 5.32 Å². The highest BCUT2D eigenvalue weighted by atomic mass is 16.5. The van der Waals surface area contributed by atoms with Gasteiger partial charge in [0.05, 0.1) is 20.3 Å². The second-order valence-corrected chi connectivity index (χ2v) is 5.53. The van der Waals surface area contributed by atoms with Crippen LogP contribution in [-0.4, -0.2) is 33.4 Å². The van der Waals surface area contributed by atoms with E-state index in [2.05, 4.69) is 11.4 Å². The smallest absolute Gasteiger partial charge is 0.203 e. The Balaban J connectivity index is 1.84. The maximum atomic E-state index is 5.84. The molecule has 4 nitrogen and oxygen atoms in total. The quantitative estimate of drug-likeness (QED) is 0.921. The van der Waals surface area contributed by atoms with Crippen LogP contribution < -0.4 is 19.5 Å². The Morgan fingerprint density at radius 3 is 2.80 bits per heavy atom. The van der Waals surface area contributed by atoms with Crippen molar-refractivity contribution in [2.24, 2.45) is 5.92 Å². The lowest BCUT2D eigenvalue weighted by Gasteiger charge is -2.24. The standard InChI is InChI=1S/C16H23NO3/c1-18-15-13(11-12-5-7-17-8-6-12)3-4-14-16(15)20-10-2-9-19-14/h3-4,12,17H,2,5-11H2,1H3. The SMILES string of the molecule is COc1c(CC2CCNCC2)ccc2c1OCCCO2. The molecule has 2 aliphatic rings. The Labute approximate surface area is 120 Å². The zero-order valence-electron chi connectivity index (χ0n) is 12.1. The number of piperidine rings is 1. The second-order valence-electron chi connectivity index (χ2n) is 5.53.